The van der Waals surface area contributed by atoms with Gasteiger partial charge < -0.3 is 9.64 Å². The van der Waals surface area contributed by atoms with E-state index in [1.807, 2.05) is 12.1 Å². The Morgan fingerprint density at radius 1 is 1.08 bits per heavy atom. The predicted octanol–water partition coefficient (Wildman–Crippen LogP) is 1.04. The molecule has 0 aromatic heterocycles. The average molecular weight is 377 g/mol. The molecule has 1 aromatic rings. The smallest absolute Gasteiger partial charge is 0.338 e. The lowest BCUT2D eigenvalue weighted by molar-refractivity contribution is -0.134. The molecule has 1 rings (SSSR count). The van der Waals surface area contributed by atoms with Crippen LogP contribution in [0.1, 0.15) is 28.8 Å². The third-order valence-corrected chi connectivity index (χ3v) is 4.14. The number of amides is 1. The van der Waals surface area contributed by atoms with E-state index in [-0.39, 0.29) is 37.2 Å². The summed E-state index contributed by atoms with van der Waals surface area (Å²) in [6.45, 7) is -0.176. The second-order valence-corrected chi connectivity index (χ2v) is 7.68. The minimum Gasteiger partial charge on any atom is -0.452 e. The Morgan fingerprint density at radius 2 is 1.62 bits per heavy atom. The van der Waals surface area contributed by atoms with Crippen LogP contribution >= 0.6 is 0 Å². The lowest BCUT2D eigenvalue weighted by Gasteiger charge is -2.20. The summed E-state index contributed by atoms with van der Waals surface area (Å²) in [5.41, 5.74) is 0.731. The van der Waals surface area contributed by atoms with Crippen molar-refractivity contribution in [3.63, 3.8) is 0 Å². The summed E-state index contributed by atoms with van der Waals surface area (Å²) >= 11 is 0. The largest absolute Gasteiger partial charge is 0.452 e. The van der Waals surface area contributed by atoms with Crippen LogP contribution in [0.5, 0.6) is 0 Å². The minimum absolute atomic E-state index is 0.118. The van der Waals surface area contributed by atoms with Crippen LogP contribution < -0.4 is 0 Å². The van der Waals surface area contributed by atoms with Crippen molar-refractivity contribution >= 4 is 21.7 Å². The quantitative estimate of drug-likeness (QED) is 0.588. The predicted molar refractivity (Wildman–Crippen MR) is 92.3 cm³/mol. The molecule has 0 heterocycles. The van der Waals surface area contributed by atoms with E-state index >= 15 is 0 Å². The van der Waals surface area contributed by atoms with Crippen LogP contribution in [0, 0.1) is 22.7 Å². The van der Waals surface area contributed by atoms with Crippen LogP contribution in [0.4, 0.5) is 0 Å². The highest BCUT2D eigenvalue weighted by Gasteiger charge is 2.16. The highest BCUT2D eigenvalue weighted by atomic mass is 32.2. The SMILES string of the molecule is CS(=O)(=O)Cc1ccc(C(=O)OCC(=O)N(CCC#N)CCC#N)cc1. The van der Waals surface area contributed by atoms with Crippen molar-refractivity contribution in [2.45, 2.75) is 18.6 Å². The van der Waals surface area contributed by atoms with Gasteiger partial charge in [0.25, 0.3) is 5.91 Å². The maximum Gasteiger partial charge on any atom is 0.338 e. The molecule has 0 aliphatic carbocycles. The number of hydrogen-bond donors (Lipinski definition) is 0. The molecule has 0 saturated heterocycles. The van der Waals surface area contributed by atoms with Crippen LogP contribution in [0.2, 0.25) is 0 Å². The lowest BCUT2D eigenvalue weighted by Crippen LogP contribution is -2.36. The Labute approximate surface area is 152 Å². The van der Waals surface area contributed by atoms with E-state index in [0.717, 1.165) is 6.26 Å². The van der Waals surface area contributed by atoms with Crippen molar-refractivity contribution in [2.75, 3.05) is 26.0 Å². The van der Waals surface area contributed by atoms with Crippen molar-refractivity contribution in [1.82, 2.24) is 4.90 Å². The number of carbonyl (C=O) groups excluding carboxylic acids is 2. The van der Waals surface area contributed by atoms with Crippen LogP contribution in [-0.4, -0.2) is 51.1 Å². The highest BCUT2D eigenvalue weighted by molar-refractivity contribution is 7.89. The zero-order chi connectivity index (χ0) is 19.6. The Morgan fingerprint density at radius 3 is 2.08 bits per heavy atom. The second-order valence-electron chi connectivity index (χ2n) is 5.54. The van der Waals surface area contributed by atoms with E-state index in [9.17, 15) is 18.0 Å². The van der Waals surface area contributed by atoms with Crippen LogP contribution in [0.25, 0.3) is 0 Å². The summed E-state index contributed by atoms with van der Waals surface area (Å²) < 4.78 is 27.4. The molecule has 0 spiro atoms. The van der Waals surface area contributed by atoms with Gasteiger partial charge >= 0.3 is 5.97 Å². The third kappa shape index (κ3) is 7.77. The molecule has 138 valence electrons. The van der Waals surface area contributed by atoms with Gasteiger partial charge in [0, 0.05) is 19.3 Å². The normalized spacial score (nSPS) is 10.4. The molecule has 0 bridgehead atoms. The number of ether oxygens (including phenoxy) is 1. The third-order valence-electron chi connectivity index (χ3n) is 3.28. The maximum absolute atomic E-state index is 12.1. The molecule has 0 atom stereocenters. The molecule has 8 nitrogen and oxygen atoms in total. The van der Waals surface area contributed by atoms with Crippen LogP contribution in [-0.2, 0) is 25.1 Å². The number of rotatable bonds is 9. The zero-order valence-electron chi connectivity index (χ0n) is 14.3. The summed E-state index contributed by atoms with van der Waals surface area (Å²) in [6.07, 6.45) is 1.35. The van der Waals surface area contributed by atoms with E-state index in [2.05, 4.69) is 0 Å². The first-order valence-corrected chi connectivity index (χ1v) is 9.78. The summed E-state index contributed by atoms with van der Waals surface area (Å²) in [6, 6.07) is 9.69. The van der Waals surface area contributed by atoms with Crippen molar-refractivity contribution in [3.05, 3.63) is 35.4 Å². The first kappa shape index (κ1) is 21.1. The first-order valence-electron chi connectivity index (χ1n) is 7.72. The van der Waals surface area contributed by atoms with Crippen LogP contribution in [0.15, 0.2) is 24.3 Å². The fraction of sp³-hybridized carbons (Fsp3) is 0.412. The van der Waals surface area contributed by atoms with Crippen molar-refractivity contribution in [3.8, 4) is 12.1 Å². The highest BCUT2D eigenvalue weighted by Crippen LogP contribution is 2.09. The number of nitriles is 2. The average Bonchev–Trinajstić information content (AvgIpc) is 2.58. The van der Waals surface area contributed by atoms with Gasteiger partial charge in [0.1, 0.15) is 0 Å². The number of sulfone groups is 1. The summed E-state index contributed by atoms with van der Waals surface area (Å²) in [5, 5.41) is 17.2. The standard InChI is InChI=1S/C17H19N3O5S/c1-26(23,24)13-14-4-6-15(7-5-14)17(22)25-12-16(21)20(10-2-8-18)11-3-9-19/h4-7H,2-3,10-13H2,1H3. The van der Waals surface area contributed by atoms with Gasteiger partial charge in [-0.3, -0.25) is 4.79 Å². The fourth-order valence-electron chi connectivity index (χ4n) is 2.07. The van der Waals surface area contributed by atoms with E-state index in [4.69, 9.17) is 15.3 Å². The summed E-state index contributed by atoms with van der Waals surface area (Å²) in [5.74, 6) is -1.34. The topological polar surface area (TPSA) is 128 Å². The number of esters is 1. The van der Waals surface area contributed by atoms with E-state index in [1.54, 1.807) is 0 Å². The van der Waals surface area contributed by atoms with Gasteiger partial charge in [-0.1, -0.05) is 12.1 Å². The number of benzene rings is 1. The van der Waals surface area contributed by atoms with Gasteiger partial charge in [-0.15, -0.1) is 0 Å². The molecular formula is C17H19N3O5S. The van der Waals surface area contributed by atoms with Gasteiger partial charge in [0.2, 0.25) is 0 Å². The minimum atomic E-state index is -3.17. The second kappa shape index (κ2) is 10.2. The molecule has 0 aliphatic rings. The van der Waals surface area contributed by atoms with Gasteiger partial charge in [-0.2, -0.15) is 10.5 Å². The van der Waals surface area contributed by atoms with Gasteiger partial charge in [-0.05, 0) is 17.7 Å². The molecule has 1 aromatic carbocycles. The molecular weight excluding hydrogens is 358 g/mol. The van der Waals surface area contributed by atoms with E-state index < -0.39 is 28.3 Å². The fourth-order valence-corrected chi connectivity index (χ4v) is 2.87. The molecule has 9 heteroatoms. The summed E-state index contributed by atoms with van der Waals surface area (Å²) in [4.78, 5) is 25.3. The van der Waals surface area contributed by atoms with Gasteiger partial charge in [0.15, 0.2) is 16.4 Å². The molecule has 0 fully saturated rings. The molecule has 0 aliphatic heterocycles. The molecule has 26 heavy (non-hydrogen) atoms. The van der Waals surface area contributed by atoms with Crippen LogP contribution in [0.3, 0.4) is 0 Å². The Hall–Kier alpha value is -2.91. The van der Waals surface area contributed by atoms with E-state index in [0.29, 0.717) is 5.56 Å². The molecule has 0 N–H and O–H groups in total. The first-order chi connectivity index (χ1) is 12.3. The maximum atomic E-state index is 12.1. The number of nitrogens with zero attached hydrogens (tertiary/aromatic N) is 3. The molecule has 0 saturated carbocycles. The zero-order valence-corrected chi connectivity index (χ0v) is 15.2. The molecule has 0 unspecified atom stereocenters. The number of carbonyl (C=O) groups is 2. The Kier molecular flexibility index (Phi) is 8.26. The lowest BCUT2D eigenvalue weighted by atomic mass is 10.1. The number of hydrogen-bond acceptors (Lipinski definition) is 7. The summed E-state index contributed by atoms with van der Waals surface area (Å²) in [7, 11) is -3.17. The van der Waals surface area contributed by atoms with Crippen molar-refractivity contribution in [1.29, 1.82) is 10.5 Å². The van der Waals surface area contributed by atoms with E-state index in [1.165, 1.54) is 29.2 Å². The molecule has 1 amide bonds. The monoisotopic (exact) mass is 377 g/mol. The molecule has 0 radical (unpaired) electrons. The Bertz CT molecular complexity index is 801. The Balaban J connectivity index is 2.62. The van der Waals surface area contributed by atoms with Gasteiger partial charge in [-0.25, -0.2) is 13.2 Å². The van der Waals surface area contributed by atoms with Crippen molar-refractivity contribution in [2.24, 2.45) is 0 Å². The van der Waals surface area contributed by atoms with Gasteiger partial charge in [0.05, 0.1) is 36.3 Å². The van der Waals surface area contributed by atoms with Crippen molar-refractivity contribution < 1.29 is 22.7 Å².